The van der Waals surface area contributed by atoms with Crippen LogP contribution in [0.3, 0.4) is 0 Å². The summed E-state index contributed by atoms with van der Waals surface area (Å²) >= 11 is 7.03. The minimum atomic E-state index is -2.82. The van der Waals surface area contributed by atoms with Crippen LogP contribution in [0.5, 0.6) is 5.88 Å². The number of ether oxygens (including phenoxy) is 1. The maximum Gasteiger partial charge on any atom is 0.315 e. The highest BCUT2D eigenvalue weighted by molar-refractivity contribution is 6.36. The smallest absolute Gasteiger partial charge is 0.315 e. The molecule has 1 unspecified atom stereocenters. The molecular weight excluding hydrogens is 690 g/mol. The fourth-order valence-electron chi connectivity index (χ4n) is 6.66. The maximum absolute atomic E-state index is 13.7. The minimum absolute atomic E-state index is 0.0302. The van der Waals surface area contributed by atoms with Crippen molar-refractivity contribution in [3.63, 3.8) is 0 Å². The Labute approximate surface area is 305 Å². The van der Waals surface area contributed by atoms with Crippen LogP contribution in [0.4, 0.5) is 25.1 Å². The zero-order valence-electron chi connectivity index (χ0n) is 29.4. The lowest BCUT2D eigenvalue weighted by atomic mass is 9.96. The van der Waals surface area contributed by atoms with Crippen LogP contribution in [0.25, 0.3) is 33.2 Å². The van der Waals surface area contributed by atoms with Crippen molar-refractivity contribution in [3.8, 4) is 28.3 Å². The molecule has 5 aromatic rings. The number of methoxy groups -OCH3 is 1. The van der Waals surface area contributed by atoms with Crippen molar-refractivity contribution in [2.45, 2.75) is 51.5 Å². The maximum atomic E-state index is 13.7. The second-order valence-electron chi connectivity index (χ2n) is 12.8. The zero-order chi connectivity index (χ0) is 36.9. The summed E-state index contributed by atoms with van der Waals surface area (Å²) in [5.74, 6) is 0.668. The van der Waals surface area contributed by atoms with Crippen LogP contribution in [-0.2, 0) is 19.9 Å². The number of nitrogens with one attached hydrogen (secondary N) is 4. The van der Waals surface area contributed by atoms with Gasteiger partial charge < -0.3 is 26.0 Å². The van der Waals surface area contributed by atoms with E-state index in [1.807, 2.05) is 44.3 Å². The van der Waals surface area contributed by atoms with E-state index in [0.29, 0.717) is 22.6 Å². The van der Waals surface area contributed by atoms with Crippen molar-refractivity contribution < 1.29 is 18.3 Å². The predicted octanol–water partition coefficient (Wildman–Crippen LogP) is 6.87. The van der Waals surface area contributed by atoms with Gasteiger partial charge in [0.25, 0.3) is 12.0 Å². The molecule has 0 spiro atoms. The van der Waals surface area contributed by atoms with Crippen molar-refractivity contribution in [3.05, 3.63) is 92.5 Å². The molecule has 1 saturated heterocycles. The Hall–Kier alpha value is -5.14. The van der Waals surface area contributed by atoms with Gasteiger partial charge in [0.05, 0.1) is 29.4 Å². The van der Waals surface area contributed by atoms with Gasteiger partial charge in [-0.15, -0.1) is 0 Å². The number of benzene rings is 2. The Morgan fingerprint density at radius 2 is 1.85 bits per heavy atom. The summed E-state index contributed by atoms with van der Waals surface area (Å²) < 4.78 is 34.1. The minimum Gasteiger partial charge on any atom is -0.481 e. The molecule has 7 rings (SSSR count). The van der Waals surface area contributed by atoms with Gasteiger partial charge in [-0.25, -0.2) is 28.2 Å². The molecule has 0 saturated carbocycles. The Balaban J connectivity index is 0.000000362. The number of nitrogens with zero attached hydrogens (tertiary/aromatic N) is 4. The van der Waals surface area contributed by atoms with E-state index in [1.165, 1.54) is 24.9 Å². The summed E-state index contributed by atoms with van der Waals surface area (Å²) in [5, 5.41) is 16.7. The van der Waals surface area contributed by atoms with Crippen LogP contribution in [0, 0.1) is 6.92 Å². The number of halogens is 3. The predicted molar refractivity (Wildman–Crippen MR) is 200 cm³/mol. The number of hydrogen-bond donors (Lipinski definition) is 4. The molecule has 1 aliphatic carbocycles. The summed E-state index contributed by atoms with van der Waals surface area (Å²) in [6.07, 6.45) is 3.61. The van der Waals surface area contributed by atoms with Crippen LogP contribution in [0.1, 0.15) is 48.1 Å². The first-order valence-electron chi connectivity index (χ1n) is 17.2. The molecule has 1 atom stereocenters. The van der Waals surface area contributed by atoms with Crippen LogP contribution < -0.4 is 31.6 Å². The number of fused-ring (bicyclic) bond motifs is 2. The van der Waals surface area contributed by atoms with Crippen molar-refractivity contribution in [2.24, 2.45) is 7.05 Å². The molecule has 2 aromatic carbocycles. The van der Waals surface area contributed by atoms with Gasteiger partial charge in [0.2, 0.25) is 5.88 Å². The van der Waals surface area contributed by atoms with Crippen molar-refractivity contribution >= 4 is 39.9 Å². The highest BCUT2D eigenvalue weighted by atomic mass is 35.5. The van der Waals surface area contributed by atoms with E-state index in [9.17, 15) is 18.4 Å². The molecule has 0 radical (unpaired) electrons. The molecule has 4 heterocycles. The molecule has 52 heavy (non-hydrogen) atoms. The highest BCUT2D eigenvalue weighted by Gasteiger charge is 2.22. The van der Waals surface area contributed by atoms with E-state index in [-0.39, 0.29) is 22.6 Å². The van der Waals surface area contributed by atoms with Gasteiger partial charge >= 0.3 is 6.03 Å². The van der Waals surface area contributed by atoms with Gasteiger partial charge in [-0.3, -0.25) is 4.79 Å². The molecule has 4 N–H and O–H groups in total. The number of aromatic nitrogens is 4. The Morgan fingerprint density at radius 1 is 1.08 bits per heavy atom. The molecule has 3 aromatic heterocycles. The number of carbonyl (C=O) groups excluding carboxylic acids is 1. The lowest BCUT2D eigenvalue weighted by molar-refractivity contribution is 0.146. The van der Waals surface area contributed by atoms with E-state index in [0.717, 1.165) is 83.4 Å². The Bertz CT molecular complexity index is 2180. The monoisotopic (exact) mass is 730 g/mol. The van der Waals surface area contributed by atoms with Crippen molar-refractivity contribution in [2.75, 3.05) is 32.6 Å². The van der Waals surface area contributed by atoms with Gasteiger partial charge in [-0.2, -0.15) is 5.10 Å². The van der Waals surface area contributed by atoms with Gasteiger partial charge in [0.15, 0.2) is 0 Å². The SMILES string of the molecule is CNCCC1CCNC(=O)N1.COc1nc(-c2cccc(-c3cccc(Nc4nc(C(F)F)cc5cnn(C)c(=O)c45)c3C)c2Cl)cc2c1CCC2. The normalized spacial score (nSPS) is 15.1. The summed E-state index contributed by atoms with van der Waals surface area (Å²) in [6.45, 7) is 3.67. The fraction of sp³-hybridized carbons (Fsp3) is 0.342. The third kappa shape index (κ3) is 7.70. The Morgan fingerprint density at radius 3 is 2.60 bits per heavy atom. The standard InChI is InChI=1S/C31H26ClF2N5O2.C7H15N3O/c1-16-19(21-10-5-11-22(27(21)32)24-13-17-7-4-9-20(17)30(38-24)41-3)8-6-12-23(16)36-29-26-18(14-25(37-29)28(33)34)15-35-39(2)31(26)40;1-8-4-2-6-3-5-9-7(11)10-6/h5-6,8,10-15,28H,4,7,9H2,1-3H3,(H,36,37);6,8H,2-5H2,1H3,(H2,9,10,11). The molecular formula is C38H41ClF2N8O3. The molecule has 11 nitrogen and oxygen atoms in total. The van der Waals surface area contributed by atoms with Crippen molar-refractivity contribution in [1.82, 2.24) is 35.7 Å². The lowest BCUT2D eigenvalue weighted by Crippen LogP contribution is -2.49. The third-order valence-corrected chi connectivity index (χ3v) is 9.83. The number of carbonyl (C=O) groups is 1. The third-order valence-electron chi connectivity index (χ3n) is 9.42. The second-order valence-corrected chi connectivity index (χ2v) is 13.2. The number of hydrogen-bond acceptors (Lipinski definition) is 8. The fourth-order valence-corrected chi connectivity index (χ4v) is 6.99. The molecule has 2 aliphatic rings. The van der Waals surface area contributed by atoms with Gasteiger partial charge in [-0.05, 0) is 87.5 Å². The molecule has 1 fully saturated rings. The quantitative estimate of drug-likeness (QED) is 0.129. The highest BCUT2D eigenvalue weighted by Crippen LogP contribution is 2.41. The van der Waals surface area contributed by atoms with Crippen molar-refractivity contribution in [1.29, 1.82) is 0 Å². The zero-order valence-corrected chi connectivity index (χ0v) is 30.2. The summed E-state index contributed by atoms with van der Waals surface area (Å²) in [6, 6.07) is 15.0. The number of urea groups is 1. The van der Waals surface area contributed by atoms with Gasteiger partial charge in [-0.1, -0.05) is 41.9 Å². The Kier molecular flexibility index (Phi) is 11.3. The van der Waals surface area contributed by atoms with Gasteiger partial charge in [0, 0.05) is 47.4 Å². The molecule has 2 amide bonds. The van der Waals surface area contributed by atoms with E-state index in [4.69, 9.17) is 21.3 Å². The van der Waals surface area contributed by atoms with E-state index in [1.54, 1.807) is 13.2 Å². The first-order valence-corrected chi connectivity index (χ1v) is 17.5. The number of aryl methyl sites for hydroxylation is 2. The average Bonchev–Trinajstić information content (AvgIpc) is 3.62. The van der Waals surface area contributed by atoms with E-state index < -0.39 is 17.7 Å². The average molecular weight is 731 g/mol. The molecule has 0 bridgehead atoms. The van der Waals surface area contributed by atoms with E-state index in [2.05, 4.69) is 37.4 Å². The number of rotatable bonds is 9. The number of amides is 2. The van der Waals surface area contributed by atoms with Crippen LogP contribution in [0.2, 0.25) is 5.02 Å². The number of pyridine rings is 2. The van der Waals surface area contributed by atoms with Crippen LogP contribution >= 0.6 is 11.6 Å². The van der Waals surface area contributed by atoms with Gasteiger partial charge in [0.1, 0.15) is 11.5 Å². The second kappa shape index (κ2) is 16.0. The summed E-state index contributed by atoms with van der Waals surface area (Å²) in [4.78, 5) is 32.6. The summed E-state index contributed by atoms with van der Waals surface area (Å²) in [5.41, 5.74) is 6.02. The number of anilines is 2. The van der Waals surface area contributed by atoms with Crippen LogP contribution in [0.15, 0.2) is 59.5 Å². The molecule has 1 aliphatic heterocycles. The van der Waals surface area contributed by atoms with E-state index >= 15 is 0 Å². The topological polar surface area (TPSA) is 135 Å². The first-order chi connectivity index (χ1) is 25.1. The summed E-state index contributed by atoms with van der Waals surface area (Å²) in [7, 11) is 5.05. The van der Waals surface area contributed by atoms with Crippen LogP contribution in [-0.4, -0.2) is 59.1 Å². The first kappa shape index (κ1) is 36.6. The molecule has 14 heteroatoms. The lowest BCUT2D eigenvalue weighted by Gasteiger charge is -2.23. The number of alkyl halides is 2. The largest absolute Gasteiger partial charge is 0.481 e. The molecule has 272 valence electrons.